The fourth-order valence-corrected chi connectivity index (χ4v) is 16.3. The smallest absolute Gasteiger partial charge is 0.314 e. The van der Waals surface area contributed by atoms with Crippen LogP contribution in [0.25, 0.3) is 0 Å². The summed E-state index contributed by atoms with van der Waals surface area (Å²) in [6, 6.07) is 11.2. The van der Waals surface area contributed by atoms with E-state index in [1.807, 2.05) is 18.2 Å². The van der Waals surface area contributed by atoms with Gasteiger partial charge < -0.3 is 17.5 Å². The minimum absolute atomic E-state index is 0.146. The molecule has 0 amide bonds. The molecule has 0 aliphatic carbocycles. The van der Waals surface area contributed by atoms with Crippen molar-refractivity contribution < 1.29 is 22.2 Å². The van der Waals surface area contributed by atoms with Crippen LogP contribution in [0.3, 0.4) is 0 Å². The van der Waals surface area contributed by atoms with Gasteiger partial charge >= 0.3 is 8.56 Å². The number of carbonyl (C=O) groups is 1. The monoisotopic (exact) mass is 470 g/mol. The van der Waals surface area contributed by atoms with Gasteiger partial charge in [0.25, 0.3) is 0 Å². The topological polar surface area (TPSA) is 44.8 Å². The third kappa shape index (κ3) is 12.9. The van der Waals surface area contributed by atoms with Gasteiger partial charge in [-0.1, -0.05) is 30.3 Å². The number of likely N-dealkylation sites (N-methyl/N-ethyl adjacent to an activating group) is 1. The maximum absolute atomic E-state index is 12.4. The van der Waals surface area contributed by atoms with Crippen LogP contribution in [0.4, 0.5) is 0 Å². The molecule has 0 atom stereocenters. The van der Waals surface area contributed by atoms with Crippen LogP contribution in [0.2, 0.25) is 51.9 Å². The fourth-order valence-electron chi connectivity index (χ4n) is 3.76. The van der Waals surface area contributed by atoms with Gasteiger partial charge in [-0.15, -0.1) is 0 Å². The summed E-state index contributed by atoms with van der Waals surface area (Å²) in [5, 5.41) is 0. The molecule has 0 spiro atoms. The highest BCUT2D eigenvalue weighted by atomic mass is 28.5. The van der Waals surface area contributed by atoms with Crippen LogP contribution in [0.5, 0.6) is 0 Å². The Hall–Kier alpha value is -0.619. The molecular weight excluding hydrogens is 427 g/mol. The van der Waals surface area contributed by atoms with Gasteiger partial charge in [0.2, 0.25) is 5.78 Å². The van der Waals surface area contributed by atoms with Crippen LogP contribution in [-0.4, -0.2) is 69.3 Å². The number of nitrogens with zero attached hydrogens (tertiary/aromatic N) is 1. The number of ether oxygens (including phenoxy) is 1. The maximum Gasteiger partial charge on any atom is 0.314 e. The standard InChI is InChI=1S/C22H44NO4Si3/c1-23(2,18-21-14-11-10-12-15-21)19-22(24)20-25-16-13-17-30(9,26-28(3,4)5)27-29(6,7)8/h10-12,14-15H,13,16-20H2,1-9H3/q+1. The highest BCUT2D eigenvalue weighted by molar-refractivity contribution is 6.87. The second-order valence-corrected chi connectivity index (χ2v) is 23.8. The minimum atomic E-state index is -2.22. The molecule has 0 fully saturated rings. The highest BCUT2D eigenvalue weighted by Crippen LogP contribution is 2.25. The molecule has 30 heavy (non-hydrogen) atoms. The van der Waals surface area contributed by atoms with Crippen LogP contribution in [-0.2, 0) is 24.3 Å². The quantitative estimate of drug-likeness (QED) is 0.218. The lowest BCUT2D eigenvalue weighted by atomic mass is 10.2. The van der Waals surface area contributed by atoms with E-state index in [1.165, 1.54) is 5.56 Å². The number of quaternary nitrogens is 1. The van der Waals surface area contributed by atoms with E-state index >= 15 is 0 Å². The third-order valence-electron chi connectivity index (χ3n) is 4.28. The van der Waals surface area contributed by atoms with Crippen LogP contribution >= 0.6 is 0 Å². The molecule has 0 aliphatic heterocycles. The lowest BCUT2D eigenvalue weighted by molar-refractivity contribution is -0.895. The van der Waals surface area contributed by atoms with Crippen molar-refractivity contribution in [2.45, 2.75) is 64.8 Å². The number of hydrogen-bond acceptors (Lipinski definition) is 4. The van der Waals surface area contributed by atoms with E-state index in [-0.39, 0.29) is 12.4 Å². The summed E-state index contributed by atoms with van der Waals surface area (Å²) in [7, 11) is -1.40. The van der Waals surface area contributed by atoms with E-state index < -0.39 is 25.2 Å². The number of Topliss-reactive ketones (excluding diaryl/α,β-unsaturated/α-hetero) is 1. The molecule has 0 aliphatic rings. The van der Waals surface area contributed by atoms with Gasteiger partial charge in [-0.25, -0.2) is 0 Å². The minimum Gasteiger partial charge on any atom is -0.437 e. The summed E-state index contributed by atoms with van der Waals surface area (Å²) in [5.41, 5.74) is 1.24. The van der Waals surface area contributed by atoms with Gasteiger partial charge in [0.15, 0.2) is 16.6 Å². The van der Waals surface area contributed by atoms with Crippen LogP contribution in [0, 0.1) is 0 Å². The first-order valence-corrected chi connectivity index (χ1v) is 20.3. The molecule has 0 saturated heterocycles. The zero-order valence-electron chi connectivity index (χ0n) is 20.7. The molecule has 8 heteroatoms. The lowest BCUT2D eigenvalue weighted by Crippen LogP contribution is -2.52. The molecule has 0 N–H and O–H groups in total. The van der Waals surface area contributed by atoms with Gasteiger partial charge in [0, 0.05) is 12.2 Å². The SMILES string of the molecule is C[N+](C)(CC(=O)COCCC[Si](C)(O[Si](C)(C)C)O[Si](C)(C)C)Cc1ccccc1. The maximum atomic E-state index is 12.4. The Morgan fingerprint density at radius 1 is 0.900 bits per heavy atom. The summed E-state index contributed by atoms with van der Waals surface area (Å²) < 4.78 is 19.4. The molecule has 0 unspecified atom stereocenters. The first kappa shape index (κ1) is 27.4. The summed E-state index contributed by atoms with van der Waals surface area (Å²) in [6.45, 7) is 17.6. The van der Waals surface area contributed by atoms with Crippen molar-refractivity contribution >= 4 is 31.0 Å². The zero-order valence-corrected chi connectivity index (χ0v) is 23.7. The molecule has 0 bridgehead atoms. The molecule has 172 valence electrons. The molecule has 1 aromatic rings. The Balaban J connectivity index is 2.42. The number of hydrogen-bond donors (Lipinski definition) is 0. The summed E-state index contributed by atoms with van der Waals surface area (Å²) in [4.78, 5) is 12.4. The molecule has 5 nitrogen and oxygen atoms in total. The second kappa shape index (κ2) is 11.3. The predicted octanol–water partition coefficient (Wildman–Crippen LogP) is 5.01. The van der Waals surface area contributed by atoms with E-state index in [0.29, 0.717) is 17.6 Å². The Bertz CT molecular complexity index is 639. The highest BCUT2D eigenvalue weighted by Gasteiger charge is 2.39. The van der Waals surface area contributed by atoms with Crippen molar-refractivity contribution in [2.24, 2.45) is 0 Å². The number of ketones is 1. The third-order valence-corrected chi connectivity index (χ3v) is 13.9. The zero-order chi connectivity index (χ0) is 23.1. The van der Waals surface area contributed by atoms with Crippen LogP contribution in [0.1, 0.15) is 12.0 Å². The number of benzene rings is 1. The molecule has 0 aromatic heterocycles. The van der Waals surface area contributed by atoms with Crippen LogP contribution < -0.4 is 0 Å². The lowest BCUT2D eigenvalue weighted by Gasteiger charge is -2.38. The van der Waals surface area contributed by atoms with Gasteiger partial charge in [-0.2, -0.15) is 0 Å². The molecular formula is C22H44NO4Si3+. The Morgan fingerprint density at radius 3 is 1.93 bits per heavy atom. The Kier molecular flexibility index (Phi) is 10.3. The van der Waals surface area contributed by atoms with E-state index in [0.717, 1.165) is 19.0 Å². The largest absolute Gasteiger partial charge is 0.437 e. The summed E-state index contributed by atoms with van der Waals surface area (Å²) in [5.74, 6) is 0.146. The summed E-state index contributed by atoms with van der Waals surface area (Å²) in [6.07, 6.45) is 0.868. The van der Waals surface area contributed by atoms with E-state index in [9.17, 15) is 4.79 Å². The number of carbonyl (C=O) groups excluding carboxylic acids is 1. The molecule has 0 saturated carbocycles. The second-order valence-electron chi connectivity index (χ2n) is 11.0. The van der Waals surface area contributed by atoms with Gasteiger partial charge in [0.1, 0.15) is 19.7 Å². The Labute approximate surface area is 187 Å². The van der Waals surface area contributed by atoms with Gasteiger partial charge in [-0.3, -0.25) is 4.79 Å². The normalized spacial score (nSPS) is 13.5. The first-order chi connectivity index (χ1) is 13.6. The molecule has 0 heterocycles. The average molecular weight is 471 g/mol. The fraction of sp³-hybridized carbons (Fsp3) is 0.682. The number of rotatable bonds is 14. The van der Waals surface area contributed by atoms with E-state index in [4.69, 9.17) is 13.0 Å². The van der Waals surface area contributed by atoms with Gasteiger partial charge in [-0.05, 0) is 58.3 Å². The average Bonchev–Trinajstić information content (AvgIpc) is 2.50. The van der Waals surface area contributed by atoms with Crippen molar-refractivity contribution in [3.05, 3.63) is 35.9 Å². The van der Waals surface area contributed by atoms with Crippen molar-refractivity contribution in [3.63, 3.8) is 0 Å². The van der Waals surface area contributed by atoms with Crippen molar-refractivity contribution in [2.75, 3.05) is 33.9 Å². The Morgan fingerprint density at radius 2 is 1.43 bits per heavy atom. The van der Waals surface area contributed by atoms with E-state index in [2.05, 4.69) is 72.1 Å². The summed E-state index contributed by atoms with van der Waals surface area (Å²) >= 11 is 0. The van der Waals surface area contributed by atoms with Crippen molar-refractivity contribution in [1.29, 1.82) is 0 Å². The van der Waals surface area contributed by atoms with Gasteiger partial charge in [0.05, 0.1) is 14.1 Å². The first-order valence-electron chi connectivity index (χ1n) is 10.9. The predicted molar refractivity (Wildman–Crippen MR) is 133 cm³/mol. The molecule has 0 radical (unpaired) electrons. The van der Waals surface area contributed by atoms with E-state index in [1.54, 1.807) is 0 Å². The van der Waals surface area contributed by atoms with Crippen molar-refractivity contribution in [1.82, 2.24) is 0 Å². The molecule has 1 aromatic carbocycles. The molecule has 1 rings (SSSR count). The van der Waals surface area contributed by atoms with Crippen molar-refractivity contribution in [3.8, 4) is 0 Å². The van der Waals surface area contributed by atoms with Crippen LogP contribution in [0.15, 0.2) is 30.3 Å².